The van der Waals surface area contributed by atoms with Crippen LogP contribution >= 0.6 is 23.6 Å². The van der Waals surface area contributed by atoms with Gasteiger partial charge in [0, 0.05) is 5.39 Å². The molecule has 3 aromatic rings. The Hall–Kier alpha value is -1.52. The van der Waals surface area contributed by atoms with Gasteiger partial charge in [-0.3, -0.25) is 0 Å². The van der Waals surface area contributed by atoms with E-state index in [-0.39, 0.29) is 0 Å². The van der Waals surface area contributed by atoms with Gasteiger partial charge >= 0.3 is 0 Å². The third-order valence-electron chi connectivity index (χ3n) is 2.38. The van der Waals surface area contributed by atoms with E-state index in [4.69, 9.17) is 12.2 Å². The van der Waals surface area contributed by atoms with Crippen LogP contribution in [0.2, 0.25) is 0 Å². The van der Waals surface area contributed by atoms with Gasteiger partial charge in [-0.05, 0) is 23.6 Å². The number of nitrogens with zero attached hydrogens (tertiary/aromatic N) is 1. The van der Waals surface area contributed by atoms with Crippen molar-refractivity contribution in [2.75, 3.05) is 0 Å². The lowest BCUT2D eigenvalue weighted by Crippen LogP contribution is -1.89. The molecular formula is C12H8N2S2. The molecule has 0 bridgehead atoms. The number of thiophene rings is 1. The highest BCUT2D eigenvalue weighted by Crippen LogP contribution is 2.23. The van der Waals surface area contributed by atoms with Gasteiger partial charge in [0.25, 0.3) is 0 Å². The van der Waals surface area contributed by atoms with Crippen molar-refractivity contribution in [1.82, 2.24) is 9.97 Å². The third-order valence-corrected chi connectivity index (χ3v) is 3.57. The molecule has 0 aliphatic heterocycles. The Labute approximate surface area is 102 Å². The SMILES string of the molecule is S=c1nc(-c2cccs2)[nH]c2ccccc12. The number of para-hydroxylation sites is 1. The van der Waals surface area contributed by atoms with E-state index in [0.717, 1.165) is 21.6 Å². The van der Waals surface area contributed by atoms with Gasteiger partial charge in [-0.25, -0.2) is 4.98 Å². The van der Waals surface area contributed by atoms with Gasteiger partial charge < -0.3 is 4.98 Å². The van der Waals surface area contributed by atoms with Crippen LogP contribution in [-0.4, -0.2) is 9.97 Å². The van der Waals surface area contributed by atoms with E-state index >= 15 is 0 Å². The predicted octanol–water partition coefficient (Wildman–Crippen LogP) is 4.02. The molecular weight excluding hydrogens is 236 g/mol. The molecule has 3 rings (SSSR count). The van der Waals surface area contributed by atoms with Gasteiger partial charge in [0.05, 0.1) is 10.4 Å². The zero-order valence-electron chi connectivity index (χ0n) is 8.31. The number of nitrogens with one attached hydrogen (secondary N) is 1. The van der Waals surface area contributed by atoms with Crippen LogP contribution in [0, 0.1) is 4.64 Å². The van der Waals surface area contributed by atoms with E-state index in [9.17, 15) is 0 Å². The van der Waals surface area contributed by atoms with Crippen molar-refractivity contribution in [1.29, 1.82) is 0 Å². The monoisotopic (exact) mass is 244 g/mol. The average Bonchev–Trinajstić information content (AvgIpc) is 2.82. The lowest BCUT2D eigenvalue weighted by atomic mass is 10.2. The van der Waals surface area contributed by atoms with Gasteiger partial charge in [-0.2, -0.15) is 0 Å². The lowest BCUT2D eigenvalue weighted by molar-refractivity contribution is 1.22. The molecule has 0 fully saturated rings. The Morgan fingerprint density at radius 1 is 1.12 bits per heavy atom. The molecule has 4 heteroatoms. The van der Waals surface area contributed by atoms with Crippen LogP contribution in [0.5, 0.6) is 0 Å². The quantitative estimate of drug-likeness (QED) is 0.655. The summed E-state index contributed by atoms with van der Waals surface area (Å²) in [5.74, 6) is 0.846. The van der Waals surface area contributed by atoms with Crippen LogP contribution in [0.25, 0.3) is 21.6 Å². The molecule has 0 amide bonds. The van der Waals surface area contributed by atoms with Gasteiger partial charge in [0.2, 0.25) is 0 Å². The summed E-state index contributed by atoms with van der Waals surface area (Å²) >= 11 is 6.94. The molecule has 0 spiro atoms. The van der Waals surface area contributed by atoms with Crippen molar-refractivity contribution in [2.24, 2.45) is 0 Å². The minimum absolute atomic E-state index is 0.651. The summed E-state index contributed by atoms with van der Waals surface area (Å²) in [6, 6.07) is 12.0. The fourth-order valence-corrected chi connectivity index (χ4v) is 2.56. The highest BCUT2D eigenvalue weighted by Gasteiger charge is 2.03. The van der Waals surface area contributed by atoms with E-state index < -0.39 is 0 Å². The third kappa shape index (κ3) is 1.56. The van der Waals surface area contributed by atoms with Crippen LogP contribution in [0.1, 0.15) is 0 Å². The molecule has 0 saturated heterocycles. The fourth-order valence-electron chi connectivity index (χ4n) is 1.63. The number of hydrogen-bond donors (Lipinski definition) is 1. The first kappa shape index (κ1) is 9.69. The van der Waals surface area contributed by atoms with Crippen LogP contribution in [-0.2, 0) is 0 Å². The number of rotatable bonds is 1. The van der Waals surface area contributed by atoms with Gasteiger partial charge in [-0.1, -0.05) is 30.4 Å². The van der Waals surface area contributed by atoms with E-state index in [1.807, 2.05) is 41.8 Å². The molecule has 1 aromatic carbocycles. The molecule has 0 atom stereocenters. The van der Waals surface area contributed by atoms with Gasteiger partial charge in [-0.15, -0.1) is 11.3 Å². The highest BCUT2D eigenvalue weighted by molar-refractivity contribution is 7.71. The average molecular weight is 244 g/mol. The zero-order chi connectivity index (χ0) is 11.0. The van der Waals surface area contributed by atoms with E-state index in [0.29, 0.717) is 4.64 Å². The summed E-state index contributed by atoms with van der Waals surface area (Å²) in [4.78, 5) is 8.82. The Balaban J connectivity index is 2.34. The molecule has 2 aromatic heterocycles. The molecule has 0 aliphatic carbocycles. The summed E-state index contributed by atoms with van der Waals surface area (Å²) in [5.41, 5.74) is 1.03. The second kappa shape index (κ2) is 3.81. The maximum absolute atomic E-state index is 5.29. The number of aromatic amines is 1. The maximum atomic E-state index is 5.29. The Morgan fingerprint density at radius 2 is 2.00 bits per heavy atom. The Morgan fingerprint density at radius 3 is 2.81 bits per heavy atom. The summed E-state index contributed by atoms with van der Waals surface area (Å²) in [6.45, 7) is 0. The van der Waals surface area contributed by atoms with Crippen molar-refractivity contribution < 1.29 is 0 Å². The summed E-state index contributed by atoms with van der Waals surface area (Å²) in [6.07, 6.45) is 0. The van der Waals surface area contributed by atoms with Crippen molar-refractivity contribution in [3.63, 3.8) is 0 Å². The van der Waals surface area contributed by atoms with Crippen LogP contribution in [0.15, 0.2) is 41.8 Å². The fraction of sp³-hybridized carbons (Fsp3) is 0. The van der Waals surface area contributed by atoms with E-state index in [2.05, 4.69) is 9.97 Å². The van der Waals surface area contributed by atoms with Crippen molar-refractivity contribution in [3.8, 4) is 10.7 Å². The predicted molar refractivity (Wildman–Crippen MR) is 70.2 cm³/mol. The molecule has 78 valence electrons. The number of aromatic nitrogens is 2. The van der Waals surface area contributed by atoms with E-state index in [1.54, 1.807) is 11.3 Å². The van der Waals surface area contributed by atoms with Crippen LogP contribution in [0.4, 0.5) is 0 Å². The summed E-state index contributed by atoms with van der Waals surface area (Å²) in [7, 11) is 0. The Kier molecular flexibility index (Phi) is 2.31. The van der Waals surface area contributed by atoms with Gasteiger partial charge in [0.15, 0.2) is 0 Å². The molecule has 0 saturated carbocycles. The normalized spacial score (nSPS) is 10.8. The summed E-state index contributed by atoms with van der Waals surface area (Å²) in [5, 5.41) is 3.03. The topological polar surface area (TPSA) is 28.7 Å². The van der Waals surface area contributed by atoms with Crippen LogP contribution < -0.4 is 0 Å². The molecule has 1 N–H and O–H groups in total. The lowest BCUT2D eigenvalue weighted by Gasteiger charge is -2.01. The number of H-pyrrole nitrogens is 1. The number of hydrogen-bond acceptors (Lipinski definition) is 3. The smallest absolute Gasteiger partial charge is 0.149 e. The molecule has 0 aliphatic rings. The first-order valence-electron chi connectivity index (χ1n) is 4.87. The summed E-state index contributed by atoms with van der Waals surface area (Å²) < 4.78 is 0.651. The van der Waals surface area contributed by atoms with E-state index in [1.165, 1.54) is 0 Å². The van der Waals surface area contributed by atoms with Crippen molar-refractivity contribution in [2.45, 2.75) is 0 Å². The minimum atomic E-state index is 0.651. The molecule has 0 radical (unpaired) electrons. The van der Waals surface area contributed by atoms with Crippen molar-refractivity contribution >= 4 is 34.5 Å². The second-order valence-corrected chi connectivity index (χ2v) is 4.75. The molecule has 2 nitrogen and oxygen atoms in total. The van der Waals surface area contributed by atoms with Crippen LogP contribution in [0.3, 0.4) is 0 Å². The van der Waals surface area contributed by atoms with Gasteiger partial charge in [0.1, 0.15) is 10.5 Å². The molecule has 0 unspecified atom stereocenters. The standard InChI is InChI=1S/C12H8N2S2/c15-12-8-4-1-2-5-9(8)13-11(14-12)10-6-3-7-16-10/h1-7H,(H,13,14,15). The zero-order valence-corrected chi connectivity index (χ0v) is 9.94. The minimum Gasteiger partial charge on any atom is -0.338 e. The largest absolute Gasteiger partial charge is 0.338 e. The first-order chi connectivity index (χ1) is 7.84. The number of fused-ring (bicyclic) bond motifs is 1. The maximum Gasteiger partial charge on any atom is 0.149 e. The Bertz CT molecular complexity index is 684. The second-order valence-electron chi connectivity index (χ2n) is 3.41. The highest BCUT2D eigenvalue weighted by atomic mass is 32.1. The molecule has 2 heterocycles. The number of benzene rings is 1. The first-order valence-corrected chi connectivity index (χ1v) is 6.16. The van der Waals surface area contributed by atoms with Crippen molar-refractivity contribution in [3.05, 3.63) is 46.4 Å². The molecule has 16 heavy (non-hydrogen) atoms.